The lowest BCUT2D eigenvalue weighted by Gasteiger charge is -2.17. The zero-order chi connectivity index (χ0) is 14.3. The largest absolute Gasteiger partial charge is 0.396 e. The molecule has 1 heterocycles. The predicted octanol–water partition coefficient (Wildman–Crippen LogP) is 2.36. The van der Waals surface area contributed by atoms with Crippen LogP contribution in [0.25, 0.3) is 0 Å². The van der Waals surface area contributed by atoms with Crippen molar-refractivity contribution in [3.63, 3.8) is 0 Å². The summed E-state index contributed by atoms with van der Waals surface area (Å²) in [6.45, 7) is 8.84. The Bertz CT molecular complexity index is 366. The third-order valence-corrected chi connectivity index (χ3v) is 3.19. The molecule has 19 heavy (non-hydrogen) atoms. The molecule has 0 radical (unpaired) electrons. The van der Waals surface area contributed by atoms with Crippen LogP contribution >= 0.6 is 0 Å². The van der Waals surface area contributed by atoms with Crippen LogP contribution in [0, 0.1) is 0 Å². The SMILES string of the molecule is Cn1cc(CNCCCCCCO)c(C(C)(C)C)n1. The first-order valence-corrected chi connectivity index (χ1v) is 7.29. The molecule has 0 fully saturated rings. The van der Waals surface area contributed by atoms with Gasteiger partial charge in [-0.25, -0.2) is 0 Å². The summed E-state index contributed by atoms with van der Waals surface area (Å²) in [5.41, 5.74) is 2.58. The monoisotopic (exact) mass is 267 g/mol. The van der Waals surface area contributed by atoms with Crippen LogP contribution in [0.4, 0.5) is 0 Å². The smallest absolute Gasteiger partial charge is 0.0722 e. The summed E-state index contributed by atoms with van der Waals surface area (Å²) >= 11 is 0. The van der Waals surface area contributed by atoms with Gasteiger partial charge in [0.1, 0.15) is 0 Å². The van der Waals surface area contributed by atoms with E-state index in [0.29, 0.717) is 6.61 Å². The summed E-state index contributed by atoms with van der Waals surface area (Å²) < 4.78 is 1.90. The van der Waals surface area contributed by atoms with Gasteiger partial charge in [0.2, 0.25) is 0 Å². The summed E-state index contributed by atoms with van der Waals surface area (Å²) in [4.78, 5) is 0. The van der Waals surface area contributed by atoms with Crippen molar-refractivity contribution in [3.05, 3.63) is 17.5 Å². The average molecular weight is 267 g/mol. The molecule has 0 aliphatic heterocycles. The quantitative estimate of drug-likeness (QED) is 0.711. The second-order valence-corrected chi connectivity index (χ2v) is 6.24. The highest BCUT2D eigenvalue weighted by Gasteiger charge is 2.21. The first-order chi connectivity index (χ1) is 8.95. The molecule has 4 heteroatoms. The van der Waals surface area contributed by atoms with Crippen LogP contribution in [0.1, 0.15) is 57.7 Å². The van der Waals surface area contributed by atoms with Gasteiger partial charge in [0.05, 0.1) is 5.69 Å². The van der Waals surface area contributed by atoms with Gasteiger partial charge in [-0.1, -0.05) is 33.6 Å². The van der Waals surface area contributed by atoms with Gasteiger partial charge in [-0.3, -0.25) is 4.68 Å². The minimum absolute atomic E-state index is 0.0966. The molecular formula is C15H29N3O. The summed E-state index contributed by atoms with van der Waals surface area (Å²) in [6.07, 6.45) is 6.52. The van der Waals surface area contributed by atoms with Crippen molar-refractivity contribution >= 4 is 0 Å². The molecule has 0 saturated carbocycles. The molecule has 0 atom stereocenters. The minimum Gasteiger partial charge on any atom is -0.396 e. The van der Waals surface area contributed by atoms with Crippen LogP contribution < -0.4 is 5.32 Å². The first kappa shape index (κ1) is 16.2. The lowest BCUT2D eigenvalue weighted by molar-refractivity contribution is 0.282. The fraction of sp³-hybridized carbons (Fsp3) is 0.800. The molecule has 0 unspecified atom stereocenters. The molecule has 0 aliphatic carbocycles. The number of rotatable bonds is 8. The van der Waals surface area contributed by atoms with E-state index in [9.17, 15) is 0 Å². The Balaban J connectivity index is 2.33. The van der Waals surface area contributed by atoms with Crippen LogP contribution in [0.5, 0.6) is 0 Å². The number of hydrogen-bond acceptors (Lipinski definition) is 3. The van der Waals surface area contributed by atoms with E-state index >= 15 is 0 Å². The third-order valence-electron chi connectivity index (χ3n) is 3.19. The van der Waals surface area contributed by atoms with E-state index in [2.05, 4.69) is 37.4 Å². The van der Waals surface area contributed by atoms with Gasteiger partial charge >= 0.3 is 0 Å². The highest BCUT2D eigenvalue weighted by molar-refractivity contribution is 5.23. The van der Waals surface area contributed by atoms with Crippen molar-refractivity contribution in [1.82, 2.24) is 15.1 Å². The molecule has 0 aromatic carbocycles. The highest BCUT2D eigenvalue weighted by Crippen LogP contribution is 2.23. The molecule has 1 aromatic rings. The Hall–Kier alpha value is -0.870. The van der Waals surface area contributed by atoms with Crippen LogP contribution in [-0.4, -0.2) is 28.0 Å². The molecule has 2 N–H and O–H groups in total. The van der Waals surface area contributed by atoms with E-state index in [1.807, 2.05) is 11.7 Å². The predicted molar refractivity (Wildman–Crippen MR) is 79.2 cm³/mol. The van der Waals surface area contributed by atoms with Crippen molar-refractivity contribution < 1.29 is 5.11 Å². The van der Waals surface area contributed by atoms with E-state index in [1.54, 1.807) is 0 Å². The van der Waals surface area contributed by atoms with E-state index in [1.165, 1.54) is 24.1 Å². The lowest BCUT2D eigenvalue weighted by atomic mass is 9.89. The Morgan fingerprint density at radius 1 is 1.21 bits per heavy atom. The zero-order valence-corrected chi connectivity index (χ0v) is 12.9. The van der Waals surface area contributed by atoms with Crippen LogP contribution in [0.2, 0.25) is 0 Å². The van der Waals surface area contributed by atoms with Gasteiger partial charge < -0.3 is 10.4 Å². The van der Waals surface area contributed by atoms with Gasteiger partial charge in [0.15, 0.2) is 0 Å². The Kier molecular flexibility index (Phi) is 6.52. The minimum atomic E-state index is 0.0966. The summed E-state index contributed by atoms with van der Waals surface area (Å²) in [6, 6.07) is 0. The molecule has 4 nitrogen and oxygen atoms in total. The molecule has 0 spiro atoms. The third kappa shape index (κ3) is 5.74. The molecule has 110 valence electrons. The topological polar surface area (TPSA) is 50.1 Å². The maximum absolute atomic E-state index is 8.70. The van der Waals surface area contributed by atoms with Crippen molar-refractivity contribution in [2.24, 2.45) is 7.05 Å². The van der Waals surface area contributed by atoms with Crippen molar-refractivity contribution in [3.8, 4) is 0 Å². The molecule has 0 bridgehead atoms. The molecular weight excluding hydrogens is 238 g/mol. The number of aryl methyl sites for hydroxylation is 1. The maximum Gasteiger partial charge on any atom is 0.0722 e. The lowest BCUT2D eigenvalue weighted by Crippen LogP contribution is -2.19. The molecule has 0 amide bonds. The first-order valence-electron chi connectivity index (χ1n) is 7.29. The second kappa shape index (κ2) is 7.65. The van der Waals surface area contributed by atoms with Gasteiger partial charge in [-0.05, 0) is 19.4 Å². The van der Waals surface area contributed by atoms with Gasteiger partial charge in [-0.2, -0.15) is 5.10 Å². The number of aliphatic hydroxyl groups excluding tert-OH is 1. The molecule has 1 rings (SSSR count). The average Bonchev–Trinajstić information content (AvgIpc) is 2.69. The van der Waals surface area contributed by atoms with E-state index in [-0.39, 0.29) is 5.41 Å². The Morgan fingerprint density at radius 2 is 1.89 bits per heavy atom. The van der Waals surface area contributed by atoms with Crippen LogP contribution in [0.3, 0.4) is 0 Å². The number of aliphatic hydroxyl groups is 1. The molecule has 0 saturated heterocycles. The standard InChI is InChI=1S/C15H29N3O/c1-15(2,3)14-13(12-18(4)17-14)11-16-9-7-5-6-8-10-19/h12,16,19H,5-11H2,1-4H3. The maximum atomic E-state index is 8.70. The van der Waals surface area contributed by atoms with Crippen LogP contribution in [0.15, 0.2) is 6.20 Å². The number of unbranched alkanes of at least 4 members (excludes halogenated alkanes) is 3. The molecule has 0 aliphatic rings. The fourth-order valence-electron chi connectivity index (χ4n) is 2.24. The Labute approximate surface area is 117 Å². The van der Waals surface area contributed by atoms with E-state index in [4.69, 9.17) is 5.11 Å². The van der Waals surface area contributed by atoms with Gasteiger partial charge in [0, 0.05) is 37.4 Å². The normalized spacial score (nSPS) is 12.1. The second-order valence-electron chi connectivity index (χ2n) is 6.24. The number of nitrogens with zero attached hydrogens (tertiary/aromatic N) is 2. The summed E-state index contributed by atoms with van der Waals surface area (Å²) in [5.74, 6) is 0. The summed E-state index contributed by atoms with van der Waals surface area (Å²) in [5, 5.41) is 16.8. The number of aromatic nitrogens is 2. The fourth-order valence-corrected chi connectivity index (χ4v) is 2.24. The number of nitrogens with one attached hydrogen (secondary N) is 1. The van der Waals surface area contributed by atoms with E-state index < -0.39 is 0 Å². The summed E-state index contributed by atoms with van der Waals surface area (Å²) in [7, 11) is 1.98. The van der Waals surface area contributed by atoms with Gasteiger partial charge in [-0.15, -0.1) is 0 Å². The zero-order valence-electron chi connectivity index (χ0n) is 12.9. The molecule has 1 aromatic heterocycles. The number of hydrogen-bond donors (Lipinski definition) is 2. The Morgan fingerprint density at radius 3 is 2.53 bits per heavy atom. The highest BCUT2D eigenvalue weighted by atomic mass is 16.2. The van der Waals surface area contributed by atoms with Crippen molar-refractivity contribution in [1.29, 1.82) is 0 Å². The van der Waals surface area contributed by atoms with E-state index in [0.717, 1.165) is 25.9 Å². The van der Waals surface area contributed by atoms with Crippen LogP contribution in [-0.2, 0) is 19.0 Å². The van der Waals surface area contributed by atoms with Gasteiger partial charge in [0.25, 0.3) is 0 Å². The van der Waals surface area contributed by atoms with Crippen molar-refractivity contribution in [2.75, 3.05) is 13.2 Å². The van der Waals surface area contributed by atoms with Crippen molar-refractivity contribution in [2.45, 2.75) is 58.4 Å².